The topological polar surface area (TPSA) is 26.0 Å². The predicted molar refractivity (Wildman–Crippen MR) is 28.8 cm³/mol. The quantitative estimate of drug-likeness (QED) is 0.439. The third kappa shape index (κ3) is 0.416. The van der Waals surface area contributed by atoms with Gasteiger partial charge in [0.15, 0.2) is 0 Å². The van der Waals surface area contributed by atoms with Crippen molar-refractivity contribution in [1.29, 1.82) is 0 Å². The van der Waals surface area contributed by atoms with Gasteiger partial charge in [-0.3, -0.25) is 0 Å². The Labute approximate surface area is 43.2 Å². The van der Waals surface area contributed by atoms with E-state index in [0.717, 1.165) is 5.92 Å². The molecule has 1 nitrogen and oxygen atoms in total. The van der Waals surface area contributed by atoms with Crippen molar-refractivity contribution in [2.45, 2.75) is 18.9 Å². The third-order valence-electron chi connectivity index (χ3n) is 1.84. The SMILES string of the molecule is NC1CC2=CC2C1. The second-order valence-corrected chi connectivity index (χ2v) is 2.55. The van der Waals surface area contributed by atoms with Gasteiger partial charge < -0.3 is 5.73 Å². The zero-order valence-electron chi connectivity index (χ0n) is 4.22. The summed E-state index contributed by atoms with van der Waals surface area (Å²) in [6.07, 6.45) is 4.74. The van der Waals surface area contributed by atoms with Crippen LogP contribution in [0.15, 0.2) is 11.6 Å². The van der Waals surface area contributed by atoms with Gasteiger partial charge >= 0.3 is 0 Å². The average Bonchev–Trinajstić information content (AvgIpc) is 2.15. The smallest absolute Gasteiger partial charge is 0.00850 e. The van der Waals surface area contributed by atoms with Crippen LogP contribution in [0.3, 0.4) is 0 Å². The first-order valence-electron chi connectivity index (χ1n) is 2.82. The molecule has 0 amide bonds. The van der Waals surface area contributed by atoms with Gasteiger partial charge in [0.2, 0.25) is 0 Å². The van der Waals surface area contributed by atoms with Crippen LogP contribution in [0.5, 0.6) is 0 Å². The van der Waals surface area contributed by atoms with Gasteiger partial charge in [0, 0.05) is 6.04 Å². The summed E-state index contributed by atoms with van der Waals surface area (Å²) in [5, 5.41) is 0. The average molecular weight is 95.1 g/mol. The van der Waals surface area contributed by atoms with Crippen molar-refractivity contribution in [3.8, 4) is 0 Å². The van der Waals surface area contributed by atoms with Crippen LogP contribution in [-0.2, 0) is 0 Å². The van der Waals surface area contributed by atoms with E-state index < -0.39 is 0 Å². The van der Waals surface area contributed by atoms with Crippen molar-refractivity contribution < 1.29 is 0 Å². The summed E-state index contributed by atoms with van der Waals surface area (Å²) in [5.74, 6) is 0.856. The maximum Gasteiger partial charge on any atom is 0.00850 e. The Morgan fingerprint density at radius 2 is 2.57 bits per heavy atom. The summed E-state index contributed by atoms with van der Waals surface area (Å²) >= 11 is 0. The van der Waals surface area contributed by atoms with E-state index >= 15 is 0 Å². The van der Waals surface area contributed by atoms with Gasteiger partial charge in [0.1, 0.15) is 0 Å². The Balaban J connectivity index is 2.12. The largest absolute Gasteiger partial charge is 0.327 e. The Morgan fingerprint density at radius 1 is 1.71 bits per heavy atom. The summed E-state index contributed by atoms with van der Waals surface area (Å²) < 4.78 is 0. The summed E-state index contributed by atoms with van der Waals surface area (Å²) in [6, 6.07) is 0.505. The third-order valence-corrected chi connectivity index (χ3v) is 1.84. The fourth-order valence-corrected chi connectivity index (χ4v) is 1.36. The molecule has 0 radical (unpaired) electrons. The van der Waals surface area contributed by atoms with Crippen molar-refractivity contribution in [3.63, 3.8) is 0 Å². The van der Waals surface area contributed by atoms with E-state index in [1.807, 2.05) is 0 Å². The molecule has 0 heterocycles. The predicted octanol–water partition coefficient (Wildman–Crippen LogP) is 0.664. The summed E-state index contributed by atoms with van der Waals surface area (Å²) in [6.45, 7) is 0. The van der Waals surface area contributed by atoms with Crippen LogP contribution < -0.4 is 5.73 Å². The van der Waals surface area contributed by atoms with Gasteiger partial charge in [0.05, 0.1) is 0 Å². The summed E-state index contributed by atoms with van der Waals surface area (Å²) in [5.41, 5.74) is 7.23. The number of nitrogens with two attached hydrogens (primary N) is 1. The lowest BCUT2D eigenvalue weighted by molar-refractivity contribution is 0.669. The molecule has 2 aliphatic rings. The molecular weight excluding hydrogens is 86.1 g/mol. The highest BCUT2D eigenvalue weighted by Gasteiger charge is 2.33. The molecule has 0 aromatic heterocycles. The first-order valence-corrected chi connectivity index (χ1v) is 2.82. The second kappa shape index (κ2) is 0.920. The zero-order valence-corrected chi connectivity index (χ0v) is 4.22. The maximum atomic E-state index is 5.61. The maximum absolute atomic E-state index is 5.61. The molecule has 1 fully saturated rings. The molecule has 0 spiro atoms. The number of fused-ring (bicyclic) bond motifs is 1. The Morgan fingerprint density at radius 3 is 2.86 bits per heavy atom. The lowest BCUT2D eigenvalue weighted by atomic mass is 10.2. The second-order valence-electron chi connectivity index (χ2n) is 2.55. The van der Waals surface area contributed by atoms with Crippen molar-refractivity contribution >= 4 is 0 Å². The Kier molecular flexibility index (Phi) is 0.482. The van der Waals surface area contributed by atoms with Gasteiger partial charge in [-0.05, 0) is 18.8 Å². The highest BCUT2D eigenvalue weighted by atomic mass is 14.7. The Hall–Kier alpha value is -0.300. The standard InChI is InChI=1S/C6H9N/c7-6-2-4-1-5(4)3-6/h1,4,6H,2-3,7H2. The van der Waals surface area contributed by atoms with Crippen molar-refractivity contribution in [2.24, 2.45) is 11.7 Å². The van der Waals surface area contributed by atoms with Crippen LogP contribution in [0.4, 0.5) is 0 Å². The molecule has 2 unspecified atom stereocenters. The molecule has 0 aromatic carbocycles. The fourth-order valence-electron chi connectivity index (χ4n) is 1.36. The van der Waals surface area contributed by atoms with Gasteiger partial charge in [0.25, 0.3) is 0 Å². The first kappa shape index (κ1) is 3.67. The number of hydrogen-bond donors (Lipinski definition) is 1. The lowest BCUT2D eigenvalue weighted by Crippen LogP contribution is -2.15. The fraction of sp³-hybridized carbons (Fsp3) is 0.667. The molecular formula is C6H9N. The summed E-state index contributed by atoms with van der Waals surface area (Å²) in [7, 11) is 0. The molecule has 7 heavy (non-hydrogen) atoms. The van der Waals surface area contributed by atoms with Crippen LogP contribution in [0.25, 0.3) is 0 Å². The van der Waals surface area contributed by atoms with Gasteiger partial charge in [-0.25, -0.2) is 0 Å². The minimum atomic E-state index is 0.505. The molecule has 2 rings (SSSR count). The minimum absolute atomic E-state index is 0.505. The monoisotopic (exact) mass is 95.1 g/mol. The molecule has 0 aliphatic heterocycles. The number of hydrogen-bond acceptors (Lipinski definition) is 1. The molecule has 0 saturated heterocycles. The molecule has 1 heteroatoms. The van der Waals surface area contributed by atoms with E-state index in [-0.39, 0.29) is 0 Å². The molecule has 1 saturated carbocycles. The van der Waals surface area contributed by atoms with Crippen LogP contribution in [0.1, 0.15) is 12.8 Å². The molecule has 38 valence electrons. The molecule has 2 atom stereocenters. The van der Waals surface area contributed by atoms with Crippen LogP contribution in [0, 0.1) is 5.92 Å². The van der Waals surface area contributed by atoms with E-state index in [9.17, 15) is 0 Å². The van der Waals surface area contributed by atoms with Crippen molar-refractivity contribution in [2.75, 3.05) is 0 Å². The number of rotatable bonds is 0. The van der Waals surface area contributed by atoms with E-state index in [1.54, 1.807) is 5.57 Å². The van der Waals surface area contributed by atoms with Gasteiger partial charge in [-0.15, -0.1) is 0 Å². The molecule has 2 aliphatic carbocycles. The van der Waals surface area contributed by atoms with Crippen LogP contribution in [-0.4, -0.2) is 6.04 Å². The lowest BCUT2D eigenvalue weighted by Gasteiger charge is -1.96. The van der Waals surface area contributed by atoms with E-state index in [0.29, 0.717) is 6.04 Å². The van der Waals surface area contributed by atoms with Crippen molar-refractivity contribution in [1.82, 2.24) is 0 Å². The first-order chi connectivity index (χ1) is 3.36. The zero-order chi connectivity index (χ0) is 4.85. The van der Waals surface area contributed by atoms with E-state index in [1.165, 1.54) is 12.8 Å². The van der Waals surface area contributed by atoms with Gasteiger partial charge in [-0.1, -0.05) is 11.6 Å². The normalized spacial score (nSPS) is 45.6. The Bertz CT molecular complexity index is 126. The van der Waals surface area contributed by atoms with Crippen molar-refractivity contribution in [3.05, 3.63) is 11.6 Å². The van der Waals surface area contributed by atoms with Gasteiger partial charge in [-0.2, -0.15) is 0 Å². The summed E-state index contributed by atoms with van der Waals surface area (Å²) in [4.78, 5) is 0. The van der Waals surface area contributed by atoms with Crippen LogP contribution in [0.2, 0.25) is 0 Å². The number of allylic oxidation sites excluding steroid dienone is 1. The minimum Gasteiger partial charge on any atom is -0.327 e. The van der Waals surface area contributed by atoms with Crippen LogP contribution >= 0.6 is 0 Å². The van der Waals surface area contributed by atoms with E-state index in [2.05, 4.69) is 6.08 Å². The molecule has 0 bridgehead atoms. The molecule has 2 N–H and O–H groups in total. The highest BCUT2D eigenvalue weighted by Crippen LogP contribution is 2.43. The molecule has 0 aromatic rings. The highest BCUT2D eigenvalue weighted by molar-refractivity contribution is 5.34. The van der Waals surface area contributed by atoms with E-state index in [4.69, 9.17) is 5.73 Å².